The van der Waals surface area contributed by atoms with Gasteiger partial charge < -0.3 is 14.2 Å². The van der Waals surface area contributed by atoms with E-state index in [2.05, 4.69) is 45.0 Å². The molecule has 20 heavy (non-hydrogen) atoms. The van der Waals surface area contributed by atoms with E-state index in [0.717, 1.165) is 26.2 Å². The van der Waals surface area contributed by atoms with Crippen LogP contribution >= 0.6 is 0 Å². The number of rotatable bonds is 7. The molecule has 0 amide bonds. The van der Waals surface area contributed by atoms with Crippen LogP contribution < -0.4 is 0 Å². The molecule has 2 rings (SSSR count). The number of benzene rings is 1. The van der Waals surface area contributed by atoms with E-state index in [1.807, 2.05) is 0 Å². The maximum atomic E-state index is 6.20. The van der Waals surface area contributed by atoms with Gasteiger partial charge in [0.05, 0.1) is 32.0 Å². The molecule has 0 bridgehead atoms. The van der Waals surface area contributed by atoms with E-state index in [4.69, 9.17) is 14.2 Å². The van der Waals surface area contributed by atoms with Gasteiger partial charge in [0, 0.05) is 12.5 Å². The highest BCUT2D eigenvalue weighted by atomic mass is 16.5. The Balaban J connectivity index is 1.98. The summed E-state index contributed by atoms with van der Waals surface area (Å²) in [6.45, 7) is 9.52. The molecule has 0 N–H and O–H groups in total. The molecular formula is C17H26O3. The Bertz CT molecular complexity index is 413. The van der Waals surface area contributed by atoms with Crippen molar-refractivity contribution in [3.63, 3.8) is 0 Å². The standard InChI is InChI=1S/C17H26O3/c1-5-17(11-19-12-17)13-20-16(2,3)15-8-6-14(7-9-15)10-18-4/h6-9H,5,10-13H2,1-4H3. The van der Waals surface area contributed by atoms with Crippen molar-refractivity contribution in [2.75, 3.05) is 26.9 Å². The smallest absolute Gasteiger partial charge is 0.0875 e. The van der Waals surface area contributed by atoms with Crippen LogP contribution in [0.5, 0.6) is 0 Å². The third-order valence-electron chi connectivity index (χ3n) is 4.27. The predicted molar refractivity (Wildman–Crippen MR) is 79.7 cm³/mol. The van der Waals surface area contributed by atoms with E-state index in [0.29, 0.717) is 6.61 Å². The summed E-state index contributed by atoms with van der Waals surface area (Å²) in [6, 6.07) is 8.46. The van der Waals surface area contributed by atoms with Crippen LogP contribution in [0.15, 0.2) is 24.3 Å². The zero-order chi connectivity index (χ0) is 14.6. The first kappa shape index (κ1) is 15.5. The summed E-state index contributed by atoms with van der Waals surface area (Å²) in [5.41, 5.74) is 2.34. The summed E-state index contributed by atoms with van der Waals surface area (Å²) >= 11 is 0. The first-order valence-electron chi connectivity index (χ1n) is 7.31. The van der Waals surface area contributed by atoms with Gasteiger partial charge in [-0.3, -0.25) is 0 Å². The van der Waals surface area contributed by atoms with Crippen molar-refractivity contribution in [3.05, 3.63) is 35.4 Å². The second kappa shape index (κ2) is 6.25. The highest BCUT2D eigenvalue weighted by Gasteiger charge is 2.39. The number of methoxy groups -OCH3 is 1. The monoisotopic (exact) mass is 278 g/mol. The van der Waals surface area contributed by atoms with Gasteiger partial charge in [-0.2, -0.15) is 0 Å². The van der Waals surface area contributed by atoms with Crippen molar-refractivity contribution < 1.29 is 14.2 Å². The molecule has 1 aliphatic rings. The normalized spacial score (nSPS) is 17.8. The minimum Gasteiger partial charge on any atom is -0.380 e. The molecule has 0 saturated carbocycles. The lowest BCUT2D eigenvalue weighted by Crippen LogP contribution is -2.47. The van der Waals surface area contributed by atoms with Gasteiger partial charge in [0.15, 0.2) is 0 Å². The quantitative estimate of drug-likeness (QED) is 0.764. The summed E-state index contributed by atoms with van der Waals surface area (Å²) in [6.07, 6.45) is 1.11. The highest BCUT2D eigenvalue weighted by Crippen LogP contribution is 2.35. The lowest BCUT2D eigenvalue weighted by Gasteiger charge is -2.42. The molecule has 0 unspecified atom stereocenters. The van der Waals surface area contributed by atoms with E-state index in [1.54, 1.807) is 7.11 Å². The van der Waals surface area contributed by atoms with Crippen LogP contribution in [0.1, 0.15) is 38.3 Å². The predicted octanol–water partition coefficient (Wildman–Crippen LogP) is 3.51. The first-order valence-corrected chi connectivity index (χ1v) is 7.31. The summed E-state index contributed by atoms with van der Waals surface area (Å²) in [4.78, 5) is 0. The lowest BCUT2D eigenvalue weighted by atomic mass is 9.84. The molecule has 0 aliphatic carbocycles. The molecule has 0 radical (unpaired) electrons. The second-order valence-electron chi connectivity index (χ2n) is 6.28. The first-order chi connectivity index (χ1) is 9.51. The van der Waals surface area contributed by atoms with Crippen LogP contribution in [-0.2, 0) is 26.4 Å². The van der Waals surface area contributed by atoms with Crippen molar-refractivity contribution in [1.82, 2.24) is 0 Å². The number of ether oxygens (including phenoxy) is 3. The molecule has 3 nitrogen and oxygen atoms in total. The van der Waals surface area contributed by atoms with Crippen LogP contribution in [0, 0.1) is 5.41 Å². The minimum absolute atomic E-state index is 0.229. The molecule has 3 heteroatoms. The van der Waals surface area contributed by atoms with E-state index in [1.165, 1.54) is 11.1 Å². The molecule has 1 fully saturated rings. The van der Waals surface area contributed by atoms with Crippen LogP contribution in [0.25, 0.3) is 0 Å². The number of hydrogen-bond acceptors (Lipinski definition) is 3. The highest BCUT2D eigenvalue weighted by molar-refractivity contribution is 5.26. The van der Waals surface area contributed by atoms with E-state index in [-0.39, 0.29) is 11.0 Å². The van der Waals surface area contributed by atoms with Gasteiger partial charge in [-0.1, -0.05) is 31.2 Å². The third kappa shape index (κ3) is 3.40. The molecule has 1 aromatic rings. The van der Waals surface area contributed by atoms with Crippen molar-refractivity contribution in [3.8, 4) is 0 Å². The van der Waals surface area contributed by atoms with Crippen molar-refractivity contribution in [2.45, 2.75) is 39.4 Å². The molecule has 0 aromatic heterocycles. The molecule has 1 heterocycles. The summed E-state index contributed by atoms with van der Waals surface area (Å²) in [5, 5.41) is 0. The van der Waals surface area contributed by atoms with Gasteiger partial charge in [-0.25, -0.2) is 0 Å². The fourth-order valence-corrected chi connectivity index (χ4v) is 2.37. The summed E-state index contributed by atoms with van der Waals surface area (Å²) in [5.74, 6) is 0. The Hall–Kier alpha value is -0.900. The Morgan fingerprint density at radius 3 is 2.30 bits per heavy atom. The molecular weight excluding hydrogens is 252 g/mol. The van der Waals surface area contributed by atoms with Gasteiger partial charge in [0.25, 0.3) is 0 Å². The second-order valence-corrected chi connectivity index (χ2v) is 6.28. The maximum Gasteiger partial charge on any atom is 0.0875 e. The molecule has 0 spiro atoms. The molecule has 0 atom stereocenters. The Morgan fingerprint density at radius 2 is 1.85 bits per heavy atom. The zero-order valence-electron chi connectivity index (χ0n) is 13.1. The SMILES string of the molecule is CCC1(COC(C)(C)c2ccc(COC)cc2)COC1. The Labute approximate surface area is 122 Å². The topological polar surface area (TPSA) is 27.7 Å². The van der Waals surface area contributed by atoms with Gasteiger partial charge in [-0.05, 0) is 31.4 Å². The molecule has 112 valence electrons. The lowest BCUT2D eigenvalue weighted by molar-refractivity contribution is -0.176. The van der Waals surface area contributed by atoms with Crippen molar-refractivity contribution >= 4 is 0 Å². The average Bonchev–Trinajstić information content (AvgIpc) is 2.39. The average molecular weight is 278 g/mol. The van der Waals surface area contributed by atoms with Gasteiger partial charge in [0.1, 0.15) is 0 Å². The summed E-state index contributed by atoms with van der Waals surface area (Å²) < 4.78 is 16.7. The van der Waals surface area contributed by atoms with Crippen LogP contribution in [0.3, 0.4) is 0 Å². The largest absolute Gasteiger partial charge is 0.380 e. The van der Waals surface area contributed by atoms with E-state index in [9.17, 15) is 0 Å². The van der Waals surface area contributed by atoms with Crippen molar-refractivity contribution in [2.24, 2.45) is 5.41 Å². The summed E-state index contributed by atoms with van der Waals surface area (Å²) in [7, 11) is 1.71. The van der Waals surface area contributed by atoms with Crippen molar-refractivity contribution in [1.29, 1.82) is 0 Å². The molecule has 1 aromatic carbocycles. The van der Waals surface area contributed by atoms with Gasteiger partial charge >= 0.3 is 0 Å². The fraction of sp³-hybridized carbons (Fsp3) is 0.647. The van der Waals surface area contributed by atoms with Gasteiger partial charge in [-0.15, -0.1) is 0 Å². The zero-order valence-corrected chi connectivity index (χ0v) is 13.1. The Morgan fingerprint density at radius 1 is 1.20 bits per heavy atom. The van der Waals surface area contributed by atoms with E-state index < -0.39 is 0 Å². The van der Waals surface area contributed by atoms with Crippen LogP contribution in [0.4, 0.5) is 0 Å². The third-order valence-corrected chi connectivity index (χ3v) is 4.27. The van der Waals surface area contributed by atoms with E-state index >= 15 is 0 Å². The molecule has 1 aliphatic heterocycles. The molecule has 1 saturated heterocycles. The van der Waals surface area contributed by atoms with Gasteiger partial charge in [0.2, 0.25) is 0 Å². The van der Waals surface area contributed by atoms with Crippen LogP contribution in [-0.4, -0.2) is 26.9 Å². The fourth-order valence-electron chi connectivity index (χ4n) is 2.37. The maximum absolute atomic E-state index is 6.20. The Kier molecular flexibility index (Phi) is 4.84. The minimum atomic E-state index is -0.274. The van der Waals surface area contributed by atoms with Crippen LogP contribution in [0.2, 0.25) is 0 Å². The number of hydrogen-bond donors (Lipinski definition) is 0.